The molecule has 30 heavy (non-hydrogen) atoms. The molecular formula is C23H36Cl4N2O. The molecule has 172 valence electrons. The number of rotatable bonds is 5. The Hall–Kier alpha value is 0.260. The van der Waals surface area contributed by atoms with E-state index in [0.29, 0.717) is 10.0 Å². The van der Waals surface area contributed by atoms with Crippen LogP contribution in [0.25, 0.3) is 0 Å². The van der Waals surface area contributed by atoms with Crippen LogP contribution in [0.4, 0.5) is 0 Å². The molecule has 1 aromatic carbocycles. The molecule has 1 aromatic rings. The quantitative estimate of drug-likeness (QED) is 0.526. The van der Waals surface area contributed by atoms with Crippen LogP contribution in [0.3, 0.4) is 0 Å². The fourth-order valence-electron chi connectivity index (χ4n) is 5.66. The van der Waals surface area contributed by atoms with Gasteiger partial charge in [0.15, 0.2) is 0 Å². The van der Waals surface area contributed by atoms with Crippen molar-refractivity contribution in [3.8, 4) is 0 Å². The molecule has 2 heterocycles. The van der Waals surface area contributed by atoms with Crippen molar-refractivity contribution in [1.82, 2.24) is 9.80 Å². The summed E-state index contributed by atoms with van der Waals surface area (Å²) in [5.74, 6) is 0.103. The van der Waals surface area contributed by atoms with Crippen LogP contribution < -0.4 is 0 Å². The fraction of sp³-hybridized carbons (Fsp3) is 0.739. The number of likely N-dealkylation sites (tertiary alicyclic amines) is 2. The predicted molar refractivity (Wildman–Crippen MR) is 132 cm³/mol. The van der Waals surface area contributed by atoms with Crippen LogP contribution in [-0.2, 0) is 0 Å². The average molecular weight is 498 g/mol. The lowest BCUT2D eigenvalue weighted by Gasteiger charge is -2.44. The Kier molecular flexibility index (Phi) is 10.5. The van der Waals surface area contributed by atoms with Gasteiger partial charge < -0.3 is 14.9 Å². The first-order chi connectivity index (χ1) is 13.5. The van der Waals surface area contributed by atoms with Crippen molar-refractivity contribution in [2.75, 3.05) is 32.7 Å². The molecule has 0 spiro atoms. The van der Waals surface area contributed by atoms with Gasteiger partial charge in [0.2, 0.25) is 0 Å². The monoisotopic (exact) mass is 496 g/mol. The second-order valence-electron chi connectivity index (χ2n) is 9.17. The van der Waals surface area contributed by atoms with Crippen LogP contribution in [0.1, 0.15) is 69.3 Å². The summed E-state index contributed by atoms with van der Waals surface area (Å²) in [6.45, 7) is 5.76. The summed E-state index contributed by atoms with van der Waals surface area (Å²) < 4.78 is 0. The fourth-order valence-corrected chi connectivity index (χ4v) is 5.97. The molecule has 7 heteroatoms. The number of halogens is 4. The molecule has 2 aliphatic heterocycles. The van der Waals surface area contributed by atoms with E-state index < -0.39 is 5.60 Å². The maximum absolute atomic E-state index is 11.6. The molecule has 3 fully saturated rings. The molecule has 1 aliphatic carbocycles. The zero-order valence-corrected chi connectivity index (χ0v) is 20.8. The molecule has 1 N–H and O–H groups in total. The van der Waals surface area contributed by atoms with Crippen molar-refractivity contribution in [2.24, 2.45) is 0 Å². The van der Waals surface area contributed by atoms with Crippen molar-refractivity contribution in [1.29, 1.82) is 0 Å². The van der Waals surface area contributed by atoms with Crippen LogP contribution in [-0.4, -0.2) is 59.3 Å². The maximum atomic E-state index is 11.6. The first-order valence-electron chi connectivity index (χ1n) is 11.2. The van der Waals surface area contributed by atoms with Crippen molar-refractivity contribution in [2.45, 2.75) is 75.3 Å². The van der Waals surface area contributed by atoms with E-state index in [-0.39, 0.29) is 30.7 Å². The minimum absolute atomic E-state index is 0. The van der Waals surface area contributed by atoms with Gasteiger partial charge in [-0.25, -0.2) is 0 Å². The van der Waals surface area contributed by atoms with Gasteiger partial charge in [-0.1, -0.05) is 48.5 Å². The third-order valence-electron chi connectivity index (χ3n) is 7.37. The molecule has 1 saturated carbocycles. The van der Waals surface area contributed by atoms with E-state index in [1.807, 2.05) is 12.1 Å². The Balaban J connectivity index is 0.00000160. The first-order valence-corrected chi connectivity index (χ1v) is 11.9. The van der Waals surface area contributed by atoms with Crippen LogP contribution in [0.15, 0.2) is 18.2 Å². The Morgan fingerprint density at radius 1 is 0.900 bits per heavy atom. The van der Waals surface area contributed by atoms with Crippen LogP contribution >= 0.6 is 48.0 Å². The van der Waals surface area contributed by atoms with Gasteiger partial charge in [0.05, 0.1) is 15.6 Å². The van der Waals surface area contributed by atoms with Crippen molar-refractivity contribution < 1.29 is 5.11 Å². The van der Waals surface area contributed by atoms with Gasteiger partial charge in [-0.15, -0.1) is 24.8 Å². The molecule has 0 radical (unpaired) electrons. The highest BCUT2D eigenvalue weighted by Gasteiger charge is 2.40. The molecule has 1 unspecified atom stereocenters. The third kappa shape index (κ3) is 6.19. The number of hydrogen-bond acceptors (Lipinski definition) is 3. The van der Waals surface area contributed by atoms with E-state index in [2.05, 4.69) is 15.9 Å². The topological polar surface area (TPSA) is 26.7 Å². The summed E-state index contributed by atoms with van der Waals surface area (Å²) in [5, 5.41) is 12.8. The second-order valence-corrected chi connectivity index (χ2v) is 9.98. The SMILES string of the molecule is Cl.Cl.OC1(C(CN2CCC(N3CCCC3)CC2)c2ccc(Cl)c(Cl)c2)CCCCC1. The summed E-state index contributed by atoms with van der Waals surface area (Å²) in [4.78, 5) is 5.27. The van der Waals surface area contributed by atoms with Gasteiger partial charge in [0.25, 0.3) is 0 Å². The molecule has 2 saturated heterocycles. The van der Waals surface area contributed by atoms with Crippen molar-refractivity contribution in [3.05, 3.63) is 33.8 Å². The zero-order valence-electron chi connectivity index (χ0n) is 17.7. The Bertz CT molecular complexity index is 655. The lowest BCUT2D eigenvalue weighted by molar-refractivity contribution is -0.0338. The summed E-state index contributed by atoms with van der Waals surface area (Å²) in [6.07, 6.45) is 10.5. The number of hydrogen-bond donors (Lipinski definition) is 1. The minimum Gasteiger partial charge on any atom is -0.389 e. The molecule has 3 nitrogen and oxygen atoms in total. The second kappa shape index (κ2) is 11.9. The highest BCUT2D eigenvalue weighted by molar-refractivity contribution is 6.42. The van der Waals surface area contributed by atoms with Crippen LogP contribution in [0, 0.1) is 0 Å². The summed E-state index contributed by atoms with van der Waals surface area (Å²) in [7, 11) is 0. The Morgan fingerprint density at radius 3 is 2.13 bits per heavy atom. The molecule has 3 aliphatic rings. The number of aliphatic hydroxyl groups is 1. The van der Waals surface area contributed by atoms with Gasteiger partial charge >= 0.3 is 0 Å². The smallest absolute Gasteiger partial charge is 0.0728 e. The molecular weight excluding hydrogens is 462 g/mol. The Labute approximate surface area is 204 Å². The summed E-state index contributed by atoms with van der Waals surface area (Å²) >= 11 is 12.5. The number of nitrogens with zero attached hydrogens (tertiary/aromatic N) is 2. The normalized spacial score (nSPS) is 24.1. The van der Waals surface area contributed by atoms with E-state index in [4.69, 9.17) is 23.2 Å². The summed E-state index contributed by atoms with van der Waals surface area (Å²) in [5.41, 5.74) is 0.516. The van der Waals surface area contributed by atoms with E-state index in [1.54, 1.807) is 0 Å². The van der Waals surface area contributed by atoms with Crippen LogP contribution in [0.5, 0.6) is 0 Å². The van der Waals surface area contributed by atoms with Gasteiger partial charge in [-0.2, -0.15) is 0 Å². The van der Waals surface area contributed by atoms with E-state index >= 15 is 0 Å². The average Bonchev–Trinajstić information content (AvgIpc) is 3.24. The highest BCUT2D eigenvalue weighted by Crippen LogP contribution is 2.42. The van der Waals surface area contributed by atoms with Gasteiger partial charge in [0, 0.05) is 18.5 Å². The maximum Gasteiger partial charge on any atom is 0.0728 e. The molecule has 1 atom stereocenters. The van der Waals surface area contributed by atoms with Gasteiger partial charge in [-0.05, 0) is 82.4 Å². The van der Waals surface area contributed by atoms with Crippen molar-refractivity contribution in [3.63, 3.8) is 0 Å². The lowest BCUT2D eigenvalue weighted by Crippen LogP contribution is -2.48. The minimum atomic E-state index is -0.624. The van der Waals surface area contributed by atoms with E-state index in [9.17, 15) is 5.11 Å². The Morgan fingerprint density at radius 2 is 1.53 bits per heavy atom. The number of piperidine rings is 1. The van der Waals surface area contributed by atoms with E-state index in [1.165, 1.54) is 45.2 Å². The van der Waals surface area contributed by atoms with Crippen LogP contribution in [0.2, 0.25) is 10.0 Å². The lowest BCUT2D eigenvalue weighted by atomic mass is 9.72. The largest absolute Gasteiger partial charge is 0.389 e. The third-order valence-corrected chi connectivity index (χ3v) is 8.11. The zero-order chi connectivity index (χ0) is 19.6. The highest BCUT2D eigenvalue weighted by atomic mass is 35.5. The predicted octanol–water partition coefficient (Wildman–Crippen LogP) is 6.18. The van der Waals surface area contributed by atoms with Crippen molar-refractivity contribution >= 4 is 48.0 Å². The standard InChI is InChI=1S/C23H34Cl2N2O.2ClH/c24-21-7-6-18(16-22(21)25)20(23(28)10-2-1-3-11-23)17-26-14-8-19(9-15-26)27-12-4-5-13-27;;/h6-7,16,19-20,28H,1-5,8-15,17H2;2*1H. The van der Waals surface area contributed by atoms with Gasteiger partial charge in [0.1, 0.15) is 0 Å². The molecule has 4 rings (SSSR count). The van der Waals surface area contributed by atoms with Gasteiger partial charge in [-0.3, -0.25) is 0 Å². The summed E-state index contributed by atoms with van der Waals surface area (Å²) in [6, 6.07) is 6.71. The first kappa shape index (κ1) is 26.5. The van der Waals surface area contributed by atoms with E-state index in [0.717, 1.165) is 56.9 Å². The molecule has 0 amide bonds. The molecule has 0 bridgehead atoms. The number of benzene rings is 1. The molecule has 0 aromatic heterocycles.